The molecule has 0 spiro atoms. The largest absolute Gasteiger partial charge is 0.436 e. The third-order valence-electron chi connectivity index (χ3n) is 5.12. The molecule has 0 saturated heterocycles. The zero-order valence-electron chi connectivity index (χ0n) is 18.1. The molecule has 0 saturated carbocycles. The molecule has 0 aliphatic carbocycles. The Morgan fingerprint density at radius 1 is 1.03 bits per heavy atom. The summed E-state index contributed by atoms with van der Waals surface area (Å²) in [6, 6.07) is 4.28. The second-order valence-corrected chi connectivity index (χ2v) is 8.34. The normalized spacial score (nSPS) is 20.5. The Kier molecular flexibility index (Phi) is 7.54. The van der Waals surface area contributed by atoms with Crippen LogP contribution in [-0.4, -0.2) is 36.1 Å². The van der Waals surface area contributed by atoms with Gasteiger partial charge in [-0.1, -0.05) is 38.4 Å². The molecule has 0 bridgehead atoms. The fraction of sp³-hybridized carbons (Fsp3) is 0.286. The average Bonchev–Trinajstić information content (AvgIpc) is 3.16. The molecule has 1 heterocycles. The first-order chi connectivity index (χ1) is 17.0. The van der Waals surface area contributed by atoms with Crippen LogP contribution in [0.25, 0.3) is 0 Å². The van der Waals surface area contributed by atoms with Crippen LogP contribution in [0.2, 0.25) is 0 Å². The van der Waals surface area contributed by atoms with E-state index in [1.807, 2.05) is 0 Å². The van der Waals surface area contributed by atoms with Crippen molar-refractivity contribution in [3.8, 4) is 0 Å². The number of rotatable bonds is 5. The van der Waals surface area contributed by atoms with Crippen LogP contribution in [0.4, 0.5) is 39.5 Å². The summed E-state index contributed by atoms with van der Waals surface area (Å²) in [5, 5.41) is 8.88. The van der Waals surface area contributed by atoms with Crippen LogP contribution in [0, 0.1) is 0 Å². The Morgan fingerprint density at radius 3 is 2.03 bits per heavy atom. The fourth-order valence-corrected chi connectivity index (χ4v) is 4.30. The van der Waals surface area contributed by atoms with E-state index >= 15 is 0 Å². The number of oxime groups is 2. The smallest absolute Gasteiger partial charge is 0.398 e. The van der Waals surface area contributed by atoms with E-state index in [4.69, 9.17) is 0 Å². The van der Waals surface area contributed by atoms with Gasteiger partial charge in [0.05, 0.1) is 11.1 Å². The van der Waals surface area contributed by atoms with Crippen molar-refractivity contribution in [2.75, 3.05) is 7.11 Å². The summed E-state index contributed by atoms with van der Waals surface area (Å²) in [6.07, 6.45) is -15.4. The maximum Gasteiger partial charge on any atom is 0.436 e. The van der Waals surface area contributed by atoms with Crippen LogP contribution in [0.3, 0.4) is 0 Å². The summed E-state index contributed by atoms with van der Waals surface area (Å²) in [4.78, 5) is 18.9. The molecule has 1 aliphatic heterocycles. The van der Waals surface area contributed by atoms with E-state index in [1.54, 1.807) is 0 Å². The number of benzene rings is 2. The van der Waals surface area contributed by atoms with Crippen molar-refractivity contribution in [2.24, 2.45) is 10.3 Å². The SMILES string of the molecule is CON=CNC(=O)c1ccc(C2=NOC(c3cc(C(F)(F)F)cc(C(F)(F)F)c3)(C(F)(F)F)C2Br)cc1. The fourth-order valence-electron chi connectivity index (χ4n) is 3.35. The minimum atomic E-state index is -5.53. The molecule has 16 heteroatoms. The monoisotopic (exact) mass is 605 g/mol. The molecule has 0 fully saturated rings. The van der Waals surface area contributed by atoms with Gasteiger partial charge in [0.1, 0.15) is 24.0 Å². The van der Waals surface area contributed by atoms with Crippen LogP contribution >= 0.6 is 15.9 Å². The van der Waals surface area contributed by atoms with E-state index in [0.29, 0.717) is 0 Å². The van der Waals surface area contributed by atoms with Crippen molar-refractivity contribution in [2.45, 2.75) is 29.0 Å². The van der Waals surface area contributed by atoms with E-state index in [1.165, 1.54) is 31.4 Å². The number of nitrogens with one attached hydrogen (secondary N) is 1. The molecule has 2 atom stereocenters. The quantitative estimate of drug-likeness (QED) is 0.149. The number of hydrogen-bond acceptors (Lipinski definition) is 5. The summed E-state index contributed by atoms with van der Waals surface area (Å²) in [5.41, 5.74) is -9.62. The number of amides is 1. The minimum absolute atomic E-state index is 0.0340. The highest BCUT2D eigenvalue weighted by Crippen LogP contribution is 2.53. The van der Waals surface area contributed by atoms with Crippen LogP contribution in [0.1, 0.15) is 32.6 Å². The Labute approximate surface area is 210 Å². The molecule has 2 unspecified atom stereocenters. The van der Waals surface area contributed by atoms with Gasteiger partial charge in [-0.05, 0) is 30.3 Å². The third kappa shape index (κ3) is 5.52. The number of nitrogens with zero attached hydrogens (tertiary/aromatic N) is 2. The van der Waals surface area contributed by atoms with Crippen molar-refractivity contribution in [3.05, 3.63) is 70.3 Å². The van der Waals surface area contributed by atoms with Gasteiger partial charge in [-0.15, -0.1) is 0 Å². The summed E-state index contributed by atoms with van der Waals surface area (Å²) in [7, 11) is 1.23. The lowest BCUT2D eigenvalue weighted by atomic mass is 9.84. The second kappa shape index (κ2) is 9.87. The van der Waals surface area contributed by atoms with Crippen molar-refractivity contribution < 1.29 is 54.0 Å². The van der Waals surface area contributed by atoms with E-state index < -0.39 is 57.3 Å². The van der Waals surface area contributed by atoms with Crippen LogP contribution < -0.4 is 5.32 Å². The predicted molar refractivity (Wildman–Crippen MR) is 114 cm³/mol. The average molecular weight is 606 g/mol. The molecule has 1 N–H and O–H groups in total. The molecule has 2 aromatic rings. The molecule has 2 aromatic carbocycles. The molecular weight excluding hydrogens is 593 g/mol. The van der Waals surface area contributed by atoms with Crippen LogP contribution in [0.15, 0.2) is 52.8 Å². The van der Waals surface area contributed by atoms with Gasteiger partial charge in [0, 0.05) is 16.7 Å². The van der Waals surface area contributed by atoms with E-state index in [9.17, 15) is 44.3 Å². The first-order valence-electron chi connectivity index (χ1n) is 9.75. The van der Waals surface area contributed by atoms with Gasteiger partial charge in [0.15, 0.2) is 0 Å². The Morgan fingerprint density at radius 2 is 1.57 bits per heavy atom. The standard InChI is InChI=1S/C21H13BrF9N3O3/c1-36-33-9-32-17(35)11-4-2-10(3-5-11)15-16(22)18(37-34-15,21(29,30)31)12-6-13(19(23,24)25)8-14(7-12)20(26,27)28/h2-9,16H,1H3,(H,32,33,35). The first kappa shape index (κ1) is 28.3. The van der Waals surface area contributed by atoms with E-state index in [2.05, 4.69) is 41.2 Å². The molecule has 200 valence electrons. The van der Waals surface area contributed by atoms with Crippen molar-refractivity contribution >= 4 is 33.9 Å². The van der Waals surface area contributed by atoms with Gasteiger partial charge >= 0.3 is 18.5 Å². The number of alkyl halides is 10. The second-order valence-electron chi connectivity index (χ2n) is 7.43. The molecule has 0 radical (unpaired) electrons. The minimum Gasteiger partial charge on any atom is -0.398 e. The number of halogens is 10. The van der Waals surface area contributed by atoms with Crippen molar-refractivity contribution in [1.82, 2.24) is 5.32 Å². The lowest BCUT2D eigenvalue weighted by molar-refractivity contribution is -0.273. The lowest BCUT2D eigenvalue weighted by Gasteiger charge is -2.33. The maximum absolute atomic E-state index is 14.3. The molecule has 1 amide bonds. The Balaban J connectivity index is 2.06. The van der Waals surface area contributed by atoms with Crippen molar-refractivity contribution in [1.29, 1.82) is 0 Å². The summed E-state index contributed by atoms with van der Waals surface area (Å²) >= 11 is 2.73. The summed E-state index contributed by atoms with van der Waals surface area (Å²) in [5.74, 6) is -0.666. The van der Waals surface area contributed by atoms with Crippen LogP contribution in [0.5, 0.6) is 0 Å². The van der Waals surface area contributed by atoms with Crippen LogP contribution in [-0.2, 0) is 27.6 Å². The number of carbonyl (C=O) groups is 1. The van der Waals surface area contributed by atoms with Gasteiger partial charge in [-0.25, -0.2) is 0 Å². The molecule has 3 rings (SSSR count). The predicted octanol–water partition coefficient (Wildman–Crippen LogP) is 6.00. The highest BCUT2D eigenvalue weighted by molar-refractivity contribution is 9.10. The molecule has 37 heavy (non-hydrogen) atoms. The third-order valence-corrected chi connectivity index (χ3v) is 6.20. The van der Waals surface area contributed by atoms with E-state index in [-0.39, 0.29) is 29.3 Å². The number of carbonyl (C=O) groups excluding carboxylic acids is 1. The summed E-state index contributed by atoms with van der Waals surface area (Å²) < 4.78 is 123. The highest BCUT2D eigenvalue weighted by atomic mass is 79.9. The lowest BCUT2D eigenvalue weighted by Crippen LogP contribution is -2.50. The summed E-state index contributed by atoms with van der Waals surface area (Å²) in [6.45, 7) is 0. The number of hydrogen-bond donors (Lipinski definition) is 1. The maximum atomic E-state index is 14.3. The Bertz CT molecular complexity index is 1190. The van der Waals surface area contributed by atoms with Gasteiger partial charge in [-0.3, -0.25) is 4.79 Å². The van der Waals surface area contributed by atoms with Gasteiger partial charge in [0.2, 0.25) is 0 Å². The zero-order valence-corrected chi connectivity index (χ0v) is 19.7. The van der Waals surface area contributed by atoms with Gasteiger partial charge in [-0.2, -0.15) is 39.5 Å². The molecule has 1 aliphatic rings. The topological polar surface area (TPSA) is 72.3 Å². The molecule has 0 aromatic heterocycles. The van der Waals surface area contributed by atoms with Gasteiger partial charge < -0.3 is 15.0 Å². The highest BCUT2D eigenvalue weighted by Gasteiger charge is 2.68. The van der Waals surface area contributed by atoms with Gasteiger partial charge in [0.25, 0.3) is 11.5 Å². The van der Waals surface area contributed by atoms with Crippen molar-refractivity contribution in [3.63, 3.8) is 0 Å². The van der Waals surface area contributed by atoms with E-state index in [0.717, 1.165) is 6.34 Å². The first-order valence-corrected chi connectivity index (χ1v) is 10.7. The zero-order chi connectivity index (χ0) is 27.8. The Hall–Kier alpha value is -3.30. The molecular formula is C21H13BrF9N3O3. The molecule has 6 nitrogen and oxygen atoms in total.